The Balaban J connectivity index is 4.55. The number of carbonyl (C=O) groups is 4. The van der Waals surface area contributed by atoms with Gasteiger partial charge in [-0.2, -0.15) is 0 Å². The Morgan fingerprint density at radius 2 is 1.48 bits per heavy atom. The van der Waals surface area contributed by atoms with E-state index in [2.05, 4.69) is 10.6 Å². The smallest absolute Gasteiger partial charge is 0.408 e. The van der Waals surface area contributed by atoms with E-state index in [0.717, 1.165) is 0 Å². The van der Waals surface area contributed by atoms with Gasteiger partial charge < -0.3 is 30.0 Å². The largest absolute Gasteiger partial charge is 0.481 e. The second-order valence-corrected chi connectivity index (χ2v) is 8.39. The average molecular weight is 418 g/mol. The number of ether oxygens (including phenoxy) is 3. The first-order chi connectivity index (χ1) is 13.2. The molecule has 0 aromatic heterocycles. The maximum absolute atomic E-state index is 12.4. The van der Waals surface area contributed by atoms with Crippen LogP contribution >= 0.6 is 0 Å². The van der Waals surface area contributed by atoms with Gasteiger partial charge in [0.25, 0.3) is 0 Å². The molecule has 10 nitrogen and oxygen atoms in total. The lowest BCUT2D eigenvalue weighted by Gasteiger charge is -2.26. The maximum atomic E-state index is 12.4. The van der Waals surface area contributed by atoms with Gasteiger partial charge >= 0.3 is 24.0 Å². The maximum Gasteiger partial charge on any atom is 0.408 e. The fourth-order valence-electron chi connectivity index (χ4n) is 1.96. The number of aliphatic carboxylic acids is 1. The molecule has 0 aromatic rings. The molecule has 10 heteroatoms. The molecule has 168 valence electrons. The van der Waals surface area contributed by atoms with Gasteiger partial charge in [0.15, 0.2) is 0 Å². The number of esters is 2. The predicted molar refractivity (Wildman–Crippen MR) is 104 cm³/mol. The van der Waals surface area contributed by atoms with Gasteiger partial charge in [-0.25, -0.2) is 9.59 Å². The summed E-state index contributed by atoms with van der Waals surface area (Å²) >= 11 is 0. The Kier molecular flexibility index (Phi) is 11.3. The first-order valence-electron chi connectivity index (χ1n) is 9.50. The molecular formula is C19H34N2O8. The predicted octanol–water partition coefficient (Wildman–Crippen LogP) is 1.61. The number of amides is 1. The van der Waals surface area contributed by atoms with Crippen LogP contribution in [0.15, 0.2) is 0 Å². The lowest BCUT2D eigenvalue weighted by molar-refractivity contribution is -0.158. The highest BCUT2D eigenvalue weighted by atomic mass is 16.6. The molecular weight excluding hydrogens is 384 g/mol. The highest BCUT2D eigenvalue weighted by Gasteiger charge is 2.29. The van der Waals surface area contributed by atoms with Crippen LogP contribution in [0.5, 0.6) is 0 Å². The zero-order chi connectivity index (χ0) is 22.7. The highest BCUT2D eigenvalue weighted by Crippen LogP contribution is 2.13. The van der Waals surface area contributed by atoms with Crippen LogP contribution in [-0.4, -0.2) is 66.0 Å². The summed E-state index contributed by atoms with van der Waals surface area (Å²) < 4.78 is 15.5. The van der Waals surface area contributed by atoms with Crippen molar-refractivity contribution in [3.8, 4) is 0 Å². The Morgan fingerprint density at radius 1 is 0.897 bits per heavy atom. The van der Waals surface area contributed by atoms with Crippen LogP contribution in [-0.2, 0) is 28.6 Å². The summed E-state index contributed by atoms with van der Waals surface area (Å²) in [6.45, 7) is 10.8. The van der Waals surface area contributed by atoms with Crippen molar-refractivity contribution in [2.75, 3.05) is 19.7 Å². The lowest BCUT2D eigenvalue weighted by Crippen LogP contribution is -2.46. The molecule has 1 atom stereocenters. The Labute approximate surface area is 171 Å². The van der Waals surface area contributed by atoms with Gasteiger partial charge in [-0.05, 0) is 48.0 Å². The minimum absolute atomic E-state index is 0.0145. The average Bonchev–Trinajstić information content (AvgIpc) is 2.50. The molecule has 0 unspecified atom stereocenters. The number of carboxylic acids is 1. The molecule has 0 aliphatic heterocycles. The summed E-state index contributed by atoms with van der Waals surface area (Å²) in [6.07, 6.45) is -0.944. The van der Waals surface area contributed by atoms with E-state index >= 15 is 0 Å². The topological polar surface area (TPSA) is 140 Å². The number of carboxylic acid groups (broad SMARTS) is 1. The summed E-state index contributed by atoms with van der Waals surface area (Å²) in [5.41, 5.74) is -1.50. The van der Waals surface area contributed by atoms with Crippen molar-refractivity contribution in [3.05, 3.63) is 0 Å². The van der Waals surface area contributed by atoms with Gasteiger partial charge in [-0.1, -0.05) is 0 Å². The standard InChI is InChI=1S/C19H34N2O8/c1-18(2,3)28-16(25)13(21-17(26)29-19(4,5)6)7-8-15(24)27-12-11-20-10-9-14(22)23/h13,20H,7-12H2,1-6H3,(H,21,26)(H,22,23)/t13-/m1/s1. The molecule has 0 saturated carbocycles. The van der Waals surface area contributed by atoms with Crippen LogP contribution in [0.1, 0.15) is 60.8 Å². The molecule has 0 aromatic carbocycles. The molecule has 0 bridgehead atoms. The molecule has 3 N–H and O–H groups in total. The minimum Gasteiger partial charge on any atom is -0.481 e. The van der Waals surface area contributed by atoms with Crippen LogP contribution in [0, 0.1) is 0 Å². The van der Waals surface area contributed by atoms with Crippen LogP contribution in [0.3, 0.4) is 0 Å². The number of hydrogen-bond donors (Lipinski definition) is 3. The van der Waals surface area contributed by atoms with Crippen LogP contribution < -0.4 is 10.6 Å². The van der Waals surface area contributed by atoms with E-state index in [1.807, 2.05) is 0 Å². The molecule has 0 heterocycles. The third-order valence-corrected chi connectivity index (χ3v) is 3.08. The third-order valence-electron chi connectivity index (χ3n) is 3.08. The first kappa shape index (κ1) is 26.6. The number of nitrogens with one attached hydrogen (secondary N) is 2. The van der Waals surface area contributed by atoms with Crippen molar-refractivity contribution >= 4 is 24.0 Å². The molecule has 0 aliphatic carbocycles. The van der Waals surface area contributed by atoms with Gasteiger partial charge in [0, 0.05) is 19.5 Å². The van der Waals surface area contributed by atoms with Gasteiger partial charge in [0.1, 0.15) is 23.9 Å². The fourth-order valence-corrected chi connectivity index (χ4v) is 1.96. The molecule has 0 saturated heterocycles. The third kappa shape index (κ3) is 16.3. The monoisotopic (exact) mass is 418 g/mol. The molecule has 0 radical (unpaired) electrons. The van der Waals surface area contributed by atoms with Crippen LogP contribution in [0.4, 0.5) is 4.79 Å². The SMILES string of the molecule is CC(C)(C)OC(=O)N[C@H](CCC(=O)OCCNCCC(=O)O)C(=O)OC(C)(C)C. The molecule has 0 rings (SSSR count). The molecule has 0 spiro atoms. The van der Waals surface area contributed by atoms with E-state index in [9.17, 15) is 19.2 Å². The second kappa shape index (κ2) is 12.3. The normalized spacial score (nSPS) is 12.6. The van der Waals surface area contributed by atoms with E-state index in [1.165, 1.54) is 0 Å². The molecule has 1 amide bonds. The van der Waals surface area contributed by atoms with Crippen molar-refractivity contribution in [1.29, 1.82) is 0 Å². The molecule has 0 fully saturated rings. The van der Waals surface area contributed by atoms with Crippen molar-refractivity contribution < 1.29 is 38.5 Å². The Morgan fingerprint density at radius 3 is 2.00 bits per heavy atom. The number of alkyl carbamates (subject to hydrolysis) is 1. The molecule has 29 heavy (non-hydrogen) atoms. The van der Waals surface area contributed by atoms with Gasteiger partial charge in [-0.3, -0.25) is 9.59 Å². The van der Waals surface area contributed by atoms with E-state index in [4.69, 9.17) is 19.3 Å². The van der Waals surface area contributed by atoms with Gasteiger partial charge in [0.05, 0.1) is 6.42 Å². The number of rotatable bonds is 11. The van der Waals surface area contributed by atoms with E-state index < -0.39 is 41.2 Å². The van der Waals surface area contributed by atoms with Crippen molar-refractivity contribution in [2.45, 2.75) is 78.0 Å². The summed E-state index contributed by atoms with van der Waals surface area (Å²) in [6, 6.07) is -1.06. The van der Waals surface area contributed by atoms with Crippen LogP contribution in [0.2, 0.25) is 0 Å². The van der Waals surface area contributed by atoms with E-state index in [1.54, 1.807) is 41.5 Å². The second-order valence-electron chi connectivity index (χ2n) is 8.39. The molecule has 0 aliphatic rings. The fraction of sp³-hybridized carbons (Fsp3) is 0.789. The highest BCUT2D eigenvalue weighted by molar-refractivity contribution is 5.82. The quantitative estimate of drug-likeness (QED) is 0.259. The van der Waals surface area contributed by atoms with Crippen molar-refractivity contribution in [3.63, 3.8) is 0 Å². The first-order valence-corrected chi connectivity index (χ1v) is 9.50. The van der Waals surface area contributed by atoms with Crippen LogP contribution in [0.25, 0.3) is 0 Å². The minimum atomic E-state index is -1.06. The van der Waals surface area contributed by atoms with E-state index in [-0.39, 0.29) is 32.4 Å². The van der Waals surface area contributed by atoms with Crippen molar-refractivity contribution in [2.24, 2.45) is 0 Å². The number of carbonyl (C=O) groups excluding carboxylic acids is 3. The number of hydrogen-bond acceptors (Lipinski definition) is 8. The van der Waals surface area contributed by atoms with Crippen molar-refractivity contribution in [1.82, 2.24) is 10.6 Å². The lowest BCUT2D eigenvalue weighted by atomic mass is 10.1. The summed E-state index contributed by atoms with van der Waals surface area (Å²) in [4.78, 5) is 46.6. The summed E-state index contributed by atoms with van der Waals surface area (Å²) in [5, 5.41) is 13.8. The van der Waals surface area contributed by atoms with Gasteiger partial charge in [-0.15, -0.1) is 0 Å². The Hall–Kier alpha value is -2.36. The zero-order valence-corrected chi connectivity index (χ0v) is 18.1. The Bertz CT molecular complexity index is 564. The van der Waals surface area contributed by atoms with Gasteiger partial charge in [0.2, 0.25) is 0 Å². The zero-order valence-electron chi connectivity index (χ0n) is 18.1. The van der Waals surface area contributed by atoms with E-state index in [0.29, 0.717) is 6.54 Å². The summed E-state index contributed by atoms with van der Waals surface area (Å²) in [7, 11) is 0. The summed E-state index contributed by atoms with van der Waals surface area (Å²) in [5.74, 6) is -2.14.